The van der Waals surface area contributed by atoms with Crippen molar-refractivity contribution in [2.45, 2.75) is 13.2 Å². The van der Waals surface area contributed by atoms with Crippen LogP contribution in [0, 0.1) is 0 Å². The molecule has 1 aromatic carbocycles. The first-order valence-electron chi connectivity index (χ1n) is 7.99. The van der Waals surface area contributed by atoms with Gasteiger partial charge in [0.15, 0.2) is 5.82 Å². The average Bonchev–Trinajstić information content (AvgIpc) is 3.12. The van der Waals surface area contributed by atoms with Gasteiger partial charge in [0.05, 0.1) is 12.8 Å². The van der Waals surface area contributed by atoms with Crippen LogP contribution in [0.25, 0.3) is 11.5 Å². The summed E-state index contributed by atoms with van der Waals surface area (Å²) < 4.78 is 7.34. The quantitative estimate of drug-likeness (QED) is 0.676. The molecule has 25 heavy (non-hydrogen) atoms. The van der Waals surface area contributed by atoms with Crippen molar-refractivity contribution in [1.29, 1.82) is 0 Å². The molecule has 0 atom stereocenters. The van der Waals surface area contributed by atoms with Crippen LogP contribution in [0.4, 0.5) is 0 Å². The monoisotopic (exact) mass is 337 g/mol. The van der Waals surface area contributed by atoms with Crippen LogP contribution in [-0.4, -0.2) is 38.6 Å². The highest BCUT2D eigenvalue weighted by atomic mass is 16.5. The molecule has 3 aromatic rings. The molecule has 0 aliphatic heterocycles. The van der Waals surface area contributed by atoms with Crippen molar-refractivity contribution < 1.29 is 9.53 Å². The maximum Gasteiger partial charge on any atom is 0.246 e. The first-order valence-corrected chi connectivity index (χ1v) is 7.99. The molecule has 1 amide bonds. The molecule has 0 aliphatic rings. The van der Waals surface area contributed by atoms with E-state index in [1.807, 2.05) is 41.1 Å². The second-order valence-corrected chi connectivity index (χ2v) is 5.36. The number of hydrogen-bond acceptors (Lipinski definition) is 5. The van der Waals surface area contributed by atoms with Gasteiger partial charge in [-0.15, -0.1) is 0 Å². The predicted molar refractivity (Wildman–Crippen MR) is 92.4 cm³/mol. The van der Waals surface area contributed by atoms with Crippen LogP contribution in [0.15, 0.2) is 61.3 Å². The number of benzene rings is 1. The van der Waals surface area contributed by atoms with E-state index >= 15 is 0 Å². The average molecular weight is 337 g/mol. The van der Waals surface area contributed by atoms with Gasteiger partial charge in [0, 0.05) is 37.9 Å². The molecule has 0 spiro atoms. The Kier molecular flexibility index (Phi) is 5.84. The van der Waals surface area contributed by atoms with Crippen molar-refractivity contribution in [2.75, 3.05) is 13.2 Å². The number of aromatic nitrogens is 4. The first kappa shape index (κ1) is 16.8. The van der Waals surface area contributed by atoms with Gasteiger partial charge in [0.1, 0.15) is 12.3 Å². The van der Waals surface area contributed by atoms with E-state index in [1.54, 1.807) is 24.8 Å². The molecule has 2 heterocycles. The van der Waals surface area contributed by atoms with Crippen molar-refractivity contribution in [3.63, 3.8) is 0 Å². The highest BCUT2D eigenvalue weighted by Gasteiger charge is 2.07. The lowest BCUT2D eigenvalue weighted by Gasteiger charge is -2.09. The zero-order valence-corrected chi connectivity index (χ0v) is 13.7. The number of carbonyl (C=O) groups excluding carboxylic acids is 1. The second-order valence-electron chi connectivity index (χ2n) is 5.36. The van der Waals surface area contributed by atoms with Crippen LogP contribution < -0.4 is 5.32 Å². The summed E-state index contributed by atoms with van der Waals surface area (Å²) in [6.07, 6.45) is 8.46. The summed E-state index contributed by atoms with van der Waals surface area (Å²) in [7, 11) is 0. The molecule has 0 saturated carbocycles. The highest BCUT2D eigenvalue weighted by molar-refractivity contribution is 5.77. The zero-order valence-electron chi connectivity index (χ0n) is 13.7. The molecular weight excluding hydrogens is 318 g/mol. The van der Waals surface area contributed by atoms with E-state index in [9.17, 15) is 4.79 Å². The number of rotatable bonds is 8. The van der Waals surface area contributed by atoms with E-state index in [0.717, 1.165) is 11.4 Å². The SMILES string of the molecule is O=C(COCc1ccccc1)NCCn1ccnc1-c1cnccn1. The minimum atomic E-state index is -0.142. The lowest BCUT2D eigenvalue weighted by molar-refractivity contribution is -0.126. The fraction of sp³-hybridized carbons (Fsp3) is 0.222. The number of nitrogens with zero attached hydrogens (tertiary/aromatic N) is 4. The van der Waals surface area contributed by atoms with Gasteiger partial charge in [-0.1, -0.05) is 30.3 Å². The van der Waals surface area contributed by atoms with Crippen LogP contribution in [0.3, 0.4) is 0 Å². The third kappa shape index (κ3) is 4.95. The van der Waals surface area contributed by atoms with Crippen molar-refractivity contribution in [3.05, 3.63) is 66.9 Å². The summed E-state index contributed by atoms with van der Waals surface area (Å²) in [5.74, 6) is 0.583. The van der Waals surface area contributed by atoms with Gasteiger partial charge >= 0.3 is 0 Å². The van der Waals surface area contributed by atoms with E-state index < -0.39 is 0 Å². The Morgan fingerprint density at radius 3 is 2.80 bits per heavy atom. The molecule has 2 aromatic heterocycles. The summed E-state index contributed by atoms with van der Waals surface area (Å²) in [6.45, 7) is 1.54. The molecule has 3 rings (SSSR count). The molecule has 0 unspecified atom stereocenters. The lowest BCUT2D eigenvalue weighted by atomic mass is 10.2. The number of nitrogens with one attached hydrogen (secondary N) is 1. The normalized spacial score (nSPS) is 10.6. The van der Waals surface area contributed by atoms with Gasteiger partial charge in [-0.05, 0) is 5.56 Å². The lowest BCUT2D eigenvalue weighted by Crippen LogP contribution is -2.30. The molecular formula is C18H19N5O2. The van der Waals surface area contributed by atoms with Crippen molar-refractivity contribution in [2.24, 2.45) is 0 Å². The third-order valence-corrected chi connectivity index (χ3v) is 3.53. The minimum absolute atomic E-state index is 0.0375. The molecule has 0 radical (unpaired) electrons. The molecule has 0 bridgehead atoms. The van der Waals surface area contributed by atoms with Crippen molar-refractivity contribution in [1.82, 2.24) is 24.8 Å². The summed E-state index contributed by atoms with van der Waals surface area (Å²) in [5.41, 5.74) is 1.74. The van der Waals surface area contributed by atoms with Gasteiger partial charge in [-0.2, -0.15) is 0 Å². The van der Waals surface area contributed by atoms with Gasteiger partial charge in [0.25, 0.3) is 0 Å². The summed E-state index contributed by atoms with van der Waals surface area (Å²) in [6, 6.07) is 9.76. The second kappa shape index (κ2) is 8.70. The Morgan fingerprint density at radius 1 is 1.12 bits per heavy atom. The van der Waals surface area contributed by atoms with Gasteiger partial charge < -0.3 is 14.6 Å². The van der Waals surface area contributed by atoms with Crippen LogP contribution in [0.5, 0.6) is 0 Å². The minimum Gasteiger partial charge on any atom is -0.367 e. The Bertz CT molecular complexity index is 789. The number of hydrogen-bond donors (Lipinski definition) is 1. The number of carbonyl (C=O) groups is 1. The van der Waals surface area contributed by atoms with E-state index in [4.69, 9.17) is 4.74 Å². The zero-order chi connectivity index (χ0) is 17.3. The topological polar surface area (TPSA) is 81.9 Å². The molecule has 0 fully saturated rings. The van der Waals surface area contributed by atoms with Crippen molar-refractivity contribution >= 4 is 5.91 Å². The molecule has 7 heteroatoms. The van der Waals surface area contributed by atoms with E-state index in [-0.39, 0.29) is 12.5 Å². The summed E-state index contributed by atoms with van der Waals surface area (Å²) in [4.78, 5) is 24.4. The van der Waals surface area contributed by atoms with Crippen LogP contribution >= 0.6 is 0 Å². The standard InChI is InChI=1S/C18H19N5O2/c24-17(14-25-13-15-4-2-1-3-5-15)21-8-10-23-11-9-22-18(23)16-12-19-6-7-20-16/h1-7,9,11-12H,8,10,13-14H2,(H,21,24). The van der Waals surface area contributed by atoms with E-state index in [0.29, 0.717) is 25.4 Å². The molecule has 7 nitrogen and oxygen atoms in total. The first-order chi connectivity index (χ1) is 12.3. The maximum absolute atomic E-state index is 11.8. The largest absolute Gasteiger partial charge is 0.367 e. The fourth-order valence-electron chi connectivity index (χ4n) is 2.34. The van der Waals surface area contributed by atoms with Gasteiger partial charge in [-0.3, -0.25) is 9.78 Å². The van der Waals surface area contributed by atoms with Crippen molar-refractivity contribution in [3.8, 4) is 11.5 Å². The Balaban J connectivity index is 1.41. The summed E-state index contributed by atoms with van der Waals surface area (Å²) >= 11 is 0. The maximum atomic E-state index is 11.8. The molecule has 0 aliphatic carbocycles. The molecule has 0 saturated heterocycles. The highest BCUT2D eigenvalue weighted by Crippen LogP contribution is 2.12. The van der Waals surface area contributed by atoms with Crippen LogP contribution in [0.2, 0.25) is 0 Å². The summed E-state index contributed by atoms with van der Waals surface area (Å²) in [5, 5.41) is 2.84. The Labute approximate surface area is 145 Å². The third-order valence-electron chi connectivity index (χ3n) is 3.53. The number of ether oxygens (including phenoxy) is 1. The molecule has 1 N–H and O–H groups in total. The van der Waals surface area contributed by atoms with Gasteiger partial charge in [0.2, 0.25) is 5.91 Å². The molecule has 128 valence electrons. The van der Waals surface area contributed by atoms with Gasteiger partial charge in [-0.25, -0.2) is 9.97 Å². The van der Waals surface area contributed by atoms with Crippen LogP contribution in [0.1, 0.15) is 5.56 Å². The number of imidazole rings is 1. The fourth-order valence-corrected chi connectivity index (χ4v) is 2.34. The van der Waals surface area contributed by atoms with E-state index in [1.165, 1.54) is 0 Å². The Hall–Kier alpha value is -3.06. The van der Waals surface area contributed by atoms with E-state index in [2.05, 4.69) is 20.3 Å². The smallest absolute Gasteiger partial charge is 0.246 e. The predicted octanol–water partition coefficient (Wildman–Crippen LogP) is 1.67. The van der Waals surface area contributed by atoms with Crippen LogP contribution in [-0.2, 0) is 22.7 Å². The number of amides is 1. The Morgan fingerprint density at radius 2 is 2.00 bits per heavy atom.